The molecule has 3 rings (SSSR count). The maximum absolute atomic E-state index is 4.15. The number of benzene rings is 1. The highest BCUT2D eigenvalue weighted by Gasteiger charge is 2.16. The Kier molecular flexibility index (Phi) is 4.55. The Morgan fingerprint density at radius 3 is 2.95 bits per heavy atom. The Morgan fingerprint density at radius 2 is 2.14 bits per heavy atom. The number of nitrogens with zero attached hydrogens (tertiary/aromatic N) is 3. The summed E-state index contributed by atoms with van der Waals surface area (Å²) in [6.07, 6.45) is 9.40. The van der Waals surface area contributed by atoms with Gasteiger partial charge in [-0.15, -0.1) is 0 Å². The van der Waals surface area contributed by atoms with Gasteiger partial charge in [0.2, 0.25) is 0 Å². The third-order valence-corrected chi connectivity index (χ3v) is 4.31. The molecule has 4 nitrogen and oxygen atoms in total. The average molecular weight is 284 g/mol. The molecular weight excluding hydrogens is 260 g/mol. The van der Waals surface area contributed by atoms with Crippen molar-refractivity contribution in [3.05, 3.63) is 43.0 Å². The summed E-state index contributed by atoms with van der Waals surface area (Å²) in [5.41, 5.74) is 2.37. The Labute approximate surface area is 126 Å². The van der Waals surface area contributed by atoms with Crippen molar-refractivity contribution < 1.29 is 0 Å². The fourth-order valence-corrected chi connectivity index (χ4v) is 3.06. The predicted octanol–water partition coefficient (Wildman–Crippen LogP) is 3.16. The maximum Gasteiger partial charge on any atom is 0.0992 e. The van der Waals surface area contributed by atoms with Crippen LogP contribution in [0.5, 0.6) is 0 Å². The largest absolute Gasteiger partial charge is 0.381 e. The number of rotatable bonds is 4. The van der Waals surface area contributed by atoms with Crippen molar-refractivity contribution in [2.45, 2.75) is 32.2 Å². The number of para-hydroxylation sites is 2. The van der Waals surface area contributed by atoms with Crippen LogP contribution in [0.4, 0.5) is 5.69 Å². The molecule has 1 N–H and O–H groups in total. The number of imidazole rings is 1. The molecule has 1 atom stereocenters. The van der Waals surface area contributed by atoms with E-state index in [4.69, 9.17) is 0 Å². The second-order valence-corrected chi connectivity index (χ2v) is 5.69. The van der Waals surface area contributed by atoms with Crippen LogP contribution in [0.2, 0.25) is 0 Å². The number of hydrogen-bond donors (Lipinski definition) is 1. The summed E-state index contributed by atoms with van der Waals surface area (Å²) in [5, 5.41) is 3.75. The molecule has 2 heterocycles. The minimum atomic E-state index is 0.561. The molecule has 0 radical (unpaired) electrons. The number of aromatic nitrogens is 2. The van der Waals surface area contributed by atoms with Crippen LogP contribution < -0.4 is 5.32 Å². The Balaban J connectivity index is 1.73. The monoisotopic (exact) mass is 284 g/mol. The van der Waals surface area contributed by atoms with E-state index >= 15 is 0 Å². The van der Waals surface area contributed by atoms with Crippen LogP contribution in [0, 0.1) is 0 Å². The summed E-state index contributed by atoms with van der Waals surface area (Å²) in [5.74, 6) is 0. The van der Waals surface area contributed by atoms with E-state index in [2.05, 4.69) is 51.0 Å². The standard InChI is InChI=1S/C17H24N4/c1-2-20-11-5-6-15(9-12-20)19-16-7-3-4-8-17(16)21-13-10-18-14-21/h3-4,7-8,10,13-15,19H,2,5-6,9,11-12H2,1H3. The molecule has 1 aromatic carbocycles. The molecule has 0 bridgehead atoms. The van der Waals surface area contributed by atoms with Gasteiger partial charge in [-0.2, -0.15) is 0 Å². The summed E-state index contributed by atoms with van der Waals surface area (Å²) < 4.78 is 2.07. The Bertz CT molecular complexity index is 550. The third kappa shape index (κ3) is 3.45. The highest BCUT2D eigenvalue weighted by molar-refractivity contribution is 5.61. The van der Waals surface area contributed by atoms with Crippen molar-refractivity contribution in [2.75, 3.05) is 25.0 Å². The van der Waals surface area contributed by atoms with Crippen LogP contribution >= 0.6 is 0 Å². The number of nitrogens with one attached hydrogen (secondary N) is 1. The van der Waals surface area contributed by atoms with Crippen molar-refractivity contribution in [1.29, 1.82) is 0 Å². The highest BCUT2D eigenvalue weighted by atomic mass is 15.1. The van der Waals surface area contributed by atoms with Gasteiger partial charge in [-0.1, -0.05) is 19.1 Å². The van der Waals surface area contributed by atoms with Gasteiger partial charge in [0.25, 0.3) is 0 Å². The Morgan fingerprint density at radius 1 is 1.24 bits per heavy atom. The quantitative estimate of drug-likeness (QED) is 0.936. The zero-order valence-electron chi connectivity index (χ0n) is 12.7. The third-order valence-electron chi connectivity index (χ3n) is 4.31. The normalized spacial score (nSPS) is 20.1. The number of anilines is 1. The second-order valence-electron chi connectivity index (χ2n) is 5.69. The van der Waals surface area contributed by atoms with Gasteiger partial charge in [-0.05, 0) is 44.5 Å². The molecule has 1 saturated heterocycles. The number of likely N-dealkylation sites (tertiary alicyclic amines) is 1. The van der Waals surface area contributed by atoms with E-state index in [1.807, 2.05) is 18.7 Å². The lowest BCUT2D eigenvalue weighted by molar-refractivity contribution is 0.300. The van der Waals surface area contributed by atoms with Crippen molar-refractivity contribution >= 4 is 5.69 Å². The first-order chi connectivity index (χ1) is 10.4. The van der Waals surface area contributed by atoms with E-state index in [1.165, 1.54) is 50.3 Å². The summed E-state index contributed by atoms with van der Waals surface area (Å²) in [4.78, 5) is 6.70. The van der Waals surface area contributed by atoms with Gasteiger partial charge < -0.3 is 14.8 Å². The van der Waals surface area contributed by atoms with E-state index in [-0.39, 0.29) is 0 Å². The van der Waals surface area contributed by atoms with Crippen LogP contribution in [0.3, 0.4) is 0 Å². The first-order valence-corrected chi connectivity index (χ1v) is 7.93. The van der Waals surface area contributed by atoms with E-state index in [9.17, 15) is 0 Å². The predicted molar refractivity (Wildman–Crippen MR) is 86.9 cm³/mol. The molecule has 1 aromatic heterocycles. The zero-order chi connectivity index (χ0) is 14.5. The topological polar surface area (TPSA) is 33.1 Å². The summed E-state index contributed by atoms with van der Waals surface area (Å²) >= 11 is 0. The van der Waals surface area contributed by atoms with Gasteiger partial charge >= 0.3 is 0 Å². The molecular formula is C17H24N4. The molecule has 1 fully saturated rings. The smallest absolute Gasteiger partial charge is 0.0992 e. The average Bonchev–Trinajstić information content (AvgIpc) is 2.95. The molecule has 2 aromatic rings. The van der Waals surface area contributed by atoms with Crippen LogP contribution in [-0.2, 0) is 0 Å². The minimum Gasteiger partial charge on any atom is -0.381 e. The van der Waals surface area contributed by atoms with Crippen LogP contribution in [-0.4, -0.2) is 40.1 Å². The summed E-state index contributed by atoms with van der Waals surface area (Å²) in [7, 11) is 0. The molecule has 21 heavy (non-hydrogen) atoms. The minimum absolute atomic E-state index is 0.561. The molecule has 1 unspecified atom stereocenters. The van der Waals surface area contributed by atoms with Gasteiger partial charge in [-0.3, -0.25) is 0 Å². The lowest BCUT2D eigenvalue weighted by Gasteiger charge is -2.21. The fourth-order valence-electron chi connectivity index (χ4n) is 3.06. The maximum atomic E-state index is 4.15. The van der Waals surface area contributed by atoms with Crippen molar-refractivity contribution in [3.63, 3.8) is 0 Å². The van der Waals surface area contributed by atoms with E-state index in [0.29, 0.717) is 6.04 Å². The molecule has 0 spiro atoms. The van der Waals surface area contributed by atoms with Gasteiger partial charge in [0.15, 0.2) is 0 Å². The molecule has 1 aliphatic heterocycles. The van der Waals surface area contributed by atoms with Crippen LogP contribution in [0.15, 0.2) is 43.0 Å². The summed E-state index contributed by atoms with van der Waals surface area (Å²) in [6, 6.07) is 9.03. The zero-order valence-corrected chi connectivity index (χ0v) is 12.7. The Hall–Kier alpha value is -1.81. The molecule has 112 valence electrons. The van der Waals surface area contributed by atoms with Crippen molar-refractivity contribution in [3.8, 4) is 5.69 Å². The van der Waals surface area contributed by atoms with Gasteiger partial charge in [0, 0.05) is 25.0 Å². The van der Waals surface area contributed by atoms with E-state index in [0.717, 1.165) is 0 Å². The second kappa shape index (κ2) is 6.76. The first-order valence-electron chi connectivity index (χ1n) is 7.93. The van der Waals surface area contributed by atoms with E-state index < -0.39 is 0 Å². The van der Waals surface area contributed by atoms with Crippen molar-refractivity contribution in [1.82, 2.24) is 14.5 Å². The highest BCUT2D eigenvalue weighted by Crippen LogP contribution is 2.23. The van der Waals surface area contributed by atoms with Gasteiger partial charge in [0.05, 0.1) is 17.7 Å². The molecule has 0 amide bonds. The molecule has 1 aliphatic rings. The number of hydrogen-bond acceptors (Lipinski definition) is 3. The van der Waals surface area contributed by atoms with Gasteiger partial charge in [-0.25, -0.2) is 4.98 Å². The lowest BCUT2D eigenvalue weighted by atomic mass is 10.1. The van der Waals surface area contributed by atoms with Crippen LogP contribution in [0.25, 0.3) is 5.69 Å². The molecule has 0 aliphatic carbocycles. The summed E-state index contributed by atoms with van der Waals surface area (Å²) in [6.45, 7) is 5.85. The lowest BCUT2D eigenvalue weighted by Crippen LogP contribution is -2.26. The fraction of sp³-hybridized carbons (Fsp3) is 0.471. The van der Waals surface area contributed by atoms with E-state index in [1.54, 1.807) is 0 Å². The first kappa shape index (κ1) is 14.1. The SMILES string of the molecule is CCN1CCCC(Nc2ccccc2-n2ccnc2)CC1. The van der Waals surface area contributed by atoms with Gasteiger partial charge in [0.1, 0.15) is 0 Å². The van der Waals surface area contributed by atoms with Crippen molar-refractivity contribution in [2.24, 2.45) is 0 Å². The van der Waals surface area contributed by atoms with Crippen LogP contribution in [0.1, 0.15) is 26.2 Å². The molecule has 0 saturated carbocycles. The molecule has 4 heteroatoms.